The molecule has 0 aromatic rings. The van der Waals surface area contributed by atoms with Crippen LogP contribution in [0.3, 0.4) is 0 Å². The van der Waals surface area contributed by atoms with E-state index >= 15 is 0 Å². The van der Waals surface area contributed by atoms with Gasteiger partial charge in [0, 0.05) is 13.2 Å². The number of aliphatic hydroxyl groups excluding tert-OH is 1. The van der Waals surface area contributed by atoms with Crippen LogP contribution in [0, 0.1) is 5.41 Å². The second-order valence-corrected chi connectivity index (χ2v) is 5.39. The number of hydrogen-bond acceptors (Lipinski definition) is 2. The lowest BCUT2D eigenvalue weighted by atomic mass is 9.81. The van der Waals surface area contributed by atoms with Crippen LogP contribution in [0.25, 0.3) is 0 Å². The van der Waals surface area contributed by atoms with Gasteiger partial charge in [-0.05, 0) is 43.9 Å². The molecule has 1 aliphatic carbocycles. The highest BCUT2D eigenvalue weighted by molar-refractivity contribution is 4.84. The maximum atomic E-state index is 9.48. The van der Waals surface area contributed by atoms with Crippen molar-refractivity contribution in [1.29, 1.82) is 0 Å². The molecule has 1 saturated carbocycles. The molecule has 0 spiro atoms. The summed E-state index contributed by atoms with van der Waals surface area (Å²) in [5, 5.41) is 9.48. The van der Waals surface area contributed by atoms with Crippen LogP contribution in [-0.2, 0) is 4.74 Å². The Hall–Kier alpha value is -0.0800. The van der Waals surface area contributed by atoms with Crippen molar-refractivity contribution in [3.05, 3.63) is 0 Å². The third kappa shape index (κ3) is 2.94. The summed E-state index contributed by atoms with van der Waals surface area (Å²) < 4.78 is 5.62. The zero-order chi connectivity index (χ0) is 10.6. The molecule has 1 aliphatic heterocycles. The van der Waals surface area contributed by atoms with Crippen molar-refractivity contribution in [2.24, 2.45) is 5.41 Å². The molecule has 1 heterocycles. The van der Waals surface area contributed by atoms with E-state index in [2.05, 4.69) is 0 Å². The molecule has 0 aromatic carbocycles. The van der Waals surface area contributed by atoms with Gasteiger partial charge in [0.2, 0.25) is 0 Å². The molecule has 15 heavy (non-hydrogen) atoms. The topological polar surface area (TPSA) is 29.5 Å². The molecule has 0 radical (unpaired) electrons. The lowest BCUT2D eigenvalue weighted by molar-refractivity contribution is 0.0852. The van der Waals surface area contributed by atoms with Crippen LogP contribution in [-0.4, -0.2) is 24.4 Å². The van der Waals surface area contributed by atoms with Crippen molar-refractivity contribution in [1.82, 2.24) is 0 Å². The zero-order valence-corrected chi connectivity index (χ0v) is 9.71. The maximum absolute atomic E-state index is 9.48. The third-order valence-electron chi connectivity index (χ3n) is 4.26. The van der Waals surface area contributed by atoms with E-state index in [0.29, 0.717) is 18.1 Å². The van der Waals surface area contributed by atoms with E-state index in [1.165, 1.54) is 57.8 Å². The van der Waals surface area contributed by atoms with Gasteiger partial charge in [-0.1, -0.05) is 19.3 Å². The van der Waals surface area contributed by atoms with E-state index in [0.717, 1.165) is 6.61 Å². The fourth-order valence-corrected chi connectivity index (χ4v) is 3.19. The lowest BCUT2D eigenvalue weighted by Crippen LogP contribution is -2.21. The first-order valence-corrected chi connectivity index (χ1v) is 6.57. The minimum Gasteiger partial charge on any atom is -0.396 e. The molecular formula is C13H24O2. The van der Waals surface area contributed by atoms with Gasteiger partial charge in [0.25, 0.3) is 0 Å². The van der Waals surface area contributed by atoms with Crippen molar-refractivity contribution < 1.29 is 9.84 Å². The third-order valence-corrected chi connectivity index (χ3v) is 4.26. The standard InChI is InChI=1S/C13H24O2/c14-11-13(7-1-2-8-13)9-3-5-12-6-4-10-15-12/h12,14H,1-11H2. The van der Waals surface area contributed by atoms with Gasteiger partial charge in [0.1, 0.15) is 0 Å². The SMILES string of the molecule is OCC1(CCCC2CCCO2)CCCC1. The average molecular weight is 212 g/mol. The van der Waals surface area contributed by atoms with Gasteiger partial charge in [-0.15, -0.1) is 0 Å². The van der Waals surface area contributed by atoms with Crippen LogP contribution in [0.15, 0.2) is 0 Å². The highest BCUT2D eigenvalue weighted by Gasteiger charge is 2.32. The molecule has 2 rings (SSSR count). The van der Waals surface area contributed by atoms with Crippen LogP contribution in [0.5, 0.6) is 0 Å². The summed E-state index contributed by atoms with van der Waals surface area (Å²) in [4.78, 5) is 0. The quantitative estimate of drug-likeness (QED) is 0.759. The van der Waals surface area contributed by atoms with E-state index in [-0.39, 0.29) is 0 Å². The average Bonchev–Trinajstić information content (AvgIpc) is 2.89. The van der Waals surface area contributed by atoms with E-state index in [1.807, 2.05) is 0 Å². The second-order valence-electron chi connectivity index (χ2n) is 5.39. The van der Waals surface area contributed by atoms with Gasteiger partial charge < -0.3 is 9.84 Å². The Morgan fingerprint density at radius 1 is 1.20 bits per heavy atom. The van der Waals surface area contributed by atoms with Gasteiger partial charge in [-0.2, -0.15) is 0 Å². The number of hydrogen-bond donors (Lipinski definition) is 1. The van der Waals surface area contributed by atoms with Crippen LogP contribution in [0.4, 0.5) is 0 Å². The summed E-state index contributed by atoms with van der Waals surface area (Å²) in [6.07, 6.45) is 11.8. The van der Waals surface area contributed by atoms with E-state index in [1.54, 1.807) is 0 Å². The first-order chi connectivity index (χ1) is 7.35. The Morgan fingerprint density at radius 2 is 2.00 bits per heavy atom. The first kappa shape index (κ1) is 11.4. The minimum atomic E-state index is 0.290. The summed E-state index contributed by atoms with van der Waals surface area (Å²) in [5.74, 6) is 0. The van der Waals surface area contributed by atoms with Crippen molar-refractivity contribution in [2.45, 2.75) is 63.9 Å². The highest BCUT2D eigenvalue weighted by atomic mass is 16.5. The first-order valence-electron chi connectivity index (χ1n) is 6.57. The fraction of sp³-hybridized carbons (Fsp3) is 1.00. The Morgan fingerprint density at radius 3 is 2.60 bits per heavy atom. The molecule has 0 amide bonds. The zero-order valence-electron chi connectivity index (χ0n) is 9.71. The number of aliphatic hydroxyl groups is 1. The fourth-order valence-electron chi connectivity index (χ4n) is 3.19. The predicted octanol–water partition coefficient (Wildman–Crippen LogP) is 2.89. The van der Waals surface area contributed by atoms with Gasteiger partial charge in [-0.3, -0.25) is 0 Å². The Balaban J connectivity index is 1.67. The van der Waals surface area contributed by atoms with Crippen molar-refractivity contribution in [3.8, 4) is 0 Å². The van der Waals surface area contributed by atoms with Gasteiger partial charge >= 0.3 is 0 Å². The molecule has 1 atom stereocenters. The van der Waals surface area contributed by atoms with Gasteiger partial charge in [-0.25, -0.2) is 0 Å². The molecule has 1 unspecified atom stereocenters. The molecule has 0 bridgehead atoms. The predicted molar refractivity (Wildman–Crippen MR) is 60.8 cm³/mol. The van der Waals surface area contributed by atoms with Crippen LogP contribution in [0.2, 0.25) is 0 Å². The van der Waals surface area contributed by atoms with Crippen LogP contribution < -0.4 is 0 Å². The smallest absolute Gasteiger partial charge is 0.0576 e. The lowest BCUT2D eigenvalue weighted by Gasteiger charge is -2.26. The number of ether oxygens (including phenoxy) is 1. The highest BCUT2D eigenvalue weighted by Crippen LogP contribution is 2.42. The second kappa shape index (κ2) is 5.31. The molecular weight excluding hydrogens is 188 g/mol. The molecule has 88 valence electrons. The molecule has 2 heteroatoms. The molecule has 2 fully saturated rings. The molecule has 1 saturated heterocycles. The summed E-state index contributed by atoms with van der Waals surface area (Å²) in [5.41, 5.74) is 0.290. The Kier molecular flexibility index (Phi) is 4.04. The molecule has 2 nitrogen and oxygen atoms in total. The van der Waals surface area contributed by atoms with E-state index in [4.69, 9.17) is 4.74 Å². The van der Waals surface area contributed by atoms with Crippen LogP contribution >= 0.6 is 0 Å². The van der Waals surface area contributed by atoms with Crippen LogP contribution in [0.1, 0.15) is 57.8 Å². The summed E-state index contributed by atoms with van der Waals surface area (Å²) in [7, 11) is 0. The normalized spacial score (nSPS) is 29.8. The Labute approximate surface area is 93.0 Å². The van der Waals surface area contributed by atoms with Gasteiger partial charge in [0.15, 0.2) is 0 Å². The number of rotatable bonds is 5. The van der Waals surface area contributed by atoms with Crippen molar-refractivity contribution in [2.75, 3.05) is 13.2 Å². The minimum absolute atomic E-state index is 0.290. The maximum Gasteiger partial charge on any atom is 0.0576 e. The molecule has 0 aromatic heterocycles. The largest absolute Gasteiger partial charge is 0.396 e. The van der Waals surface area contributed by atoms with Crippen molar-refractivity contribution >= 4 is 0 Å². The Bertz CT molecular complexity index is 179. The van der Waals surface area contributed by atoms with E-state index in [9.17, 15) is 5.11 Å². The van der Waals surface area contributed by atoms with E-state index < -0.39 is 0 Å². The summed E-state index contributed by atoms with van der Waals surface area (Å²) in [6, 6.07) is 0. The molecule has 2 aliphatic rings. The molecule has 1 N–H and O–H groups in total. The summed E-state index contributed by atoms with van der Waals surface area (Å²) >= 11 is 0. The van der Waals surface area contributed by atoms with Gasteiger partial charge in [0.05, 0.1) is 6.10 Å². The summed E-state index contributed by atoms with van der Waals surface area (Å²) in [6.45, 7) is 1.37. The van der Waals surface area contributed by atoms with Crippen molar-refractivity contribution in [3.63, 3.8) is 0 Å². The monoisotopic (exact) mass is 212 g/mol.